The molecule has 1 amide bonds. The van der Waals surface area contributed by atoms with Gasteiger partial charge >= 0.3 is 6.09 Å². The quantitative estimate of drug-likeness (QED) is 0.337. The van der Waals surface area contributed by atoms with Crippen LogP contribution in [0.1, 0.15) is 19.8 Å². The maximum atomic E-state index is 14.4. The van der Waals surface area contributed by atoms with E-state index in [9.17, 15) is 9.18 Å². The standard InChI is InChI=1S/C16H19FN4O2S.C2H2ClN/c1-11(24)2-4-13-9-21(16(22)23-13)12-3-5-15(14(17)8-12)20-7-6-18-19-10-20;1-4-2-3/h3,5,8,10,13,18H,2,4,6-7,9H2,1H3;2H2/t13-;/m0./s1. The predicted molar refractivity (Wildman–Crippen MR) is 113 cm³/mol. The van der Waals surface area contributed by atoms with Crippen LogP contribution in [0.5, 0.6) is 0 Å². The van der Waals surface area contributed by atoms with E-state index in [-0.39, 0.29) is 12.1 Å². The van der Waals surface area contributed by atoms with Crippen LogP contribution < -0.4 is 15.2 Å². The van der Waals surface area contributed by atoms with Gasteiger partial charge in [-0.05, 0) is 54.4 Å². The molecule has 10 heteroatoms. The largest absolute Gasteiger partial charge is 0.444 e. The van der Waals surface area contributed by atoms with Crippen molar-refractivity contribution in [3.05, 3.63) is 35.4 Å². The Bertz CT molecular complexity index is 786. The molecule has 2 aliphatic rings. The van der Waals surface area contributed by atoms with E-state index in [0.29, 0.717) is 37.4 Å². The van der Waals surface area contributed by atoms with Crippen molar-refractivity contribution in [3.63, 3.8) is 0 Å². The van der Waals surface area contributed by atoms with Gasteiger partial charge in [0.25, 0.3) is 6.00 Å². The molecule has 1 N–H and O–H groups in total. The van der Waals surface area contributed by atoms with Gasteiger partial charge in [0.1, 0.15) is 18.3 Å². The number of thiocarbonyl (C=S) groups is 1. The molecule has 28 heavy (non-hydrogen) atoms. The number of hydrogen-bond donors (Lipinski definition) is 1. The highest BCUT2D eigenvalue weighted by Gasteiger charge is 2.32. The van der Waals surface area contributed by atoms with E-state index in [1.165, 1.54) is 11.0 Å². The second-order valence-electron chi connectivity index (χ2n) is 6.12. The molecular weight excluding hydrogens is 405 g/mol. The third-order valence-corrected chi connectivity index (χ3v) is 4.38. The van der Waals surface area contributed by atoms with Gasteiger partial charge in [-0.2, -0.15) is 5.10 Å². The SMILES string of the molecule is CC(=S)CC[C@H]1CN(c2ccc(N3C=NNCC3)c(F)c2)C(=O)O1.[C-]#[N+]CCl. The number of cyclic esters (lactones) is 1. The predicted octanol–water partition coefficient (Wildman–Crippen LogP) is 3.78. The Hall–Kier alpha value is -2.44. The number of rotatable bonds is 5. The number of carbonyl (C=O) groups is 1. The molecule has 0 radical (unpaired) electrons. The van der Waals surface area contributed by atoms with Crippen LogP contribution in [0.3, 0.4) is 0 Å². The van der Waals surface area contributed by atoms with Crippen molar-refractivity contribution in [1.82, 2.24) is 5.43 Å². The van der Waals surface area contributed by atoms with E-state index in [4.69, 9.17) is 35.1 Å². The van der Waals surface area contributed by atoms with Gasteiger partial charge in [0.05, 0.1) is 24.5 Å². The average Bonchev–Trinajstić information content (AvgIpc) is 3.08. The molecule has 1 aromatic rings. The van der Waals surface area contributed by atoms with Gasteiger partial charge in [-0.1, -0.05) is 12.2 Å². The van der Waals surface area contributed by atoms with Crippen LogP contribution in [0.2, 0.25) is 0 Å². The Labute approximate surface area is 173 Å². The van der Waals surface area contributed by atoms with Gasteiger partial charge in [-0.15, -0.1) is 0 Å². The Morgan fingerprint density at radius 1 is 1.57 bits per heavy atom. The average molecular weight is 426 g/mol. The summed E-state index contributed by atoms with van der Waals surface area (Å²) in [5.41, 5.74) is 3.75. The van der Waals surface area contributed by atoms with Crippen molar-refractivity contribution in [2.75, 3.05) is 35.4 Å². The highest BCUT2D eigenvalue weighted by Crippen LogP contribution is 2.28. The van der Waals surface area contributed by atoms with E-state index in [2.05, 4.69) is 15.4 Å². The normalized spacial score (nSPS) is 17.9. The third-order valence-electron chi connectivity index (χ3n) is 4.06. The molecule has 1 aromatic carbocycles. The molecular formula is C18H21ClFN5O2S. The van der Waals surface area contributed by atoms with Crippen molar-refractivity contribution >= 4 is 52.5 Å². The summed E-state index contributed by atoms with van der Waals surface area (Å²) >= 11 is 9.88. The number of alkyl halides is 1. The van der Waals surface area contributed by atoms with E-state index in [0.717, 1.165) is 11.3 Å². The summed E-state index contributed by atoms with van der Waals surface area (Å²) in [6.45, 7) is 9.51. The molecule has 1 fully saturated rings. The van der Waals surface area contributed by atoms with E-state index < -0.39 is 11.9 Å². The molecule has 0 aliphatic carbocycles. The third kappa shape index (κ3) is 6.04. The second kappa shape index (κ2) is 10.8. The Morgan fingerprint density at radius 3 is 2.89 bits per heavy atom. The number of benzene rings is 1. The first-order chi connectivity index (χ1) is 13.5. The first-order valence-corrected chi connectivity index (χ1v) is 9.59. The summed E-state index contributed by atoms with van der Waals surface area (Å²) in [7, 11) is 0. The lowest BCUT2D eigenvalue weighted by Gasteiger charge is -2.24. The van der Waals surface area contributed by atoms with E-state index in [1.807, 2.05) is 6.92 Å². The molecule has 0 spiro atoms. The first kappa shape index (κ1) is 21.9. The fourth-order valence-electron chi connectivity index (χ4n) is 2.73. The summed E-state index contributed by atoms with van der Waals surface area (Å²) in [5.74, 6) is -0.396. The molecule has 0 unspecified atom stereocenters. The van der Waals surface area contributed by atoms with E-state index >= 15 is 0 Å². The van der Waals surface area contributed by atoms with E-state index in [1.54, 1.807) is 23.4 Å². The summed E-state index contributed by atoms with van der Waals surface area (Å²) in [4.78, 5) is 18.9. The number of anilines is 2. The lowest BCUT2D eigenvalue weighted by atomic mass is 10.1. The van der Waals surface area contributed by atoms with Crippen LogP contribution in [0.25, 0.3) is 4.85 Å². The Balaban J connectivity index is 0.000000640. The van der Waals surface area contributed by atoms with Crippen LogP contribution in [0.4, 0.5) is 20.6 Å². The molecule has 3 rings (SSSR count). The molecule has 1 saturated heterocycles. The summed E-state index contributed by atoms with van der Waals surface area (Å²) in [6, 6.07) is 4.82. The minimum absolute atomic E-state index is 0.0833. The molecule has 0 aromatic heterocycles. The zero-order valence-corrected chi connectivity index (χ0v) is 17.0. The number of halogens is 2. The smallest absolute Gasteiger partial charge is 0.414 e. The van der Waals surface area contributed by atoms with Crippen molar-refractivity contribution in [3.8, 4) is 0 Å². The molecule has 150 valence electrons. The summed E-state index contributed by atoms with van der Waals surface area (Å²) < 4.78 is 19.8. The van der Waals surface area contributed by atoms with Crippen LogP contribution in [-0.4, -0.2) is 49.0 Å². The van der Waals surface area contributed by atoms with Crippen LogP contribution >= 0.6 is 23.8 Å². The van der Waals surface area contributed by atoms with Crippen LogP contribution in [0.15, 0.2) is 23.3 Å². The van der Waals surface area contributed by atoms with Gasteiger partial charge in [-0.3, -0.25) is 9.74 Å². The number of nitrogens with one attached hydrogen (secondary N) is 1. The fraction of sp³-hybridized carbons (Fsp3) is 0.444. The molecule has 7 nitrogen and oxygen atoms in total. The number of hydrazone groups is 1. The van der Waals surface area contributed by atoms with Gasteiger partial charge in [0, 0.05) is 6.54 Å². The van der Waals surface area contributed by atoms with Gasteiger partial charge in [-0.25, -0.2) is 15.8 Å². The zero-order chi connectivity index (χ0) is 20.5. The first-order valence-electron chi connectivity index (χ1n) is 8.65. The van der Waals surface area contributed by atoms with Crippen molar-refractivity contribution in [2.45, 2.75) is 25.9 Å². The van der Waals surface area contributed by atoms with Crippen molar-refractivity contribution < 1.29 is 13.9 Å². The fourth-order valence-corrected chi connectivity index (χ4v) is 2.85. The number of ether oxygens (including phenoxy) is 1. The molecule has 2 heterocycles. The Morgan fingerprint density at radius 2 is 2.32 bits per heavy atom. The highest BCUT2D eigenvalue weighted by atomic mass is 35.5. The topological polar surface area (TPSA) is 61.5 Å². The maximum absolute atomic E-state index is 14.4. The zero-order valence-electron chi connectivity index (χ0n) is 15.4. The monoisotopic (exact) mass is 425 g/mol. The Kier molecular flexibility index (Phi) is 8.42. The lowest BCUT2D eigenvalue weighted by Crippen LogP contribution is -2.35. The minimum Gasteiger partial charge on any atom is -0.444 e. The lowest BCUT2D eigenvalue weighted by molar-refractivity contribution is 0.138. The van der Waals surface area contributed by atoms with Crippen LogP contribution in [0, 0.1) is 12.4 Å². The van der Waals surface area contributed by atoms with Gasteiger partial charge in [0.2, 0.25) is 0 Å². The summed E-state index contributed by atoms with van der Waals surface area (Å²) in [5, 5.41) is 3.92. The van der Waals surface area contributed by atoms with Crippen LogP contribution in [-0.2, 0) is 4.74 Å². The van der Waals surface area contributed by atoms with Gasteiger partial charge < -0.3 is 15.1 Å². The van der Waals surface area contributed by atoms with Crippen molar-refractivity contribution in [2.24, 2.45) is 5.10 Å². The maximum Gasteiger partial charge on any atom is 0.414 e. The number of carbonyl (C=O) groups excluding carboxylic acids is 1. The molecule has 1 atom stereocenters. The highest BCUT2D eigenvalue weighted by molar-refractivity contribution is 7.80. The molecule has 0 saturated carbocycles. The minimum atomic E-state index is -0.446. The summed E-state index contributed by atoms with van der Waals surface area (Å²) in [6.07, 6.45) is 2.32. The van der Waals surface area contributed by atoms with Gasteiger partial charge in [0.15, 0.2) is 0 Å². The molecule has 2 aliphatic heterocycles. The molecule has 0 bridgehead atoms. The number of hydrogen-bond acceptors (Lipinski definition) is 6. The second-order valence-corrected chi connectivity index (χ2v) is 7.05. The van der Waals surface area contributed by atoms with Crippen molar-refractivity contribution in [1.29, 1.82) is 0 Å². The number of nitrogens with zero attached hydrogens (tertiary/aromatic N) is 4. The number of amides is 1.